The predicted octanol–water partition coefficient (Wildman–Crippen LogP) is 4.44. The van der Waals surface area contributed by atoms with Crippen molar-refractivity contribution in [2.24, 2.45) is 5.73 Å². The van der Waals surface area contributed by atoms with Gasteiger partial charge in [-0.1, -0.05) is 60.1 Å². The first kappa shape index (κ1) is 30.4. The molecule has 1 saturated heterocycles. The summed E-state index contributed by atoms with van der Waals surface area (Å²) in [7, 11) is -8.76. The molecule has 3 rings (SSSR count). The smallest absolute Gasteiger partial charge is 0.292 e. The molecule has 0 aromatic carbocycles. The van der Waals surface area contributed by atoms with Gasteiger partial charge >= 0.3 is 0 Å². The number of nitrogens with zero attached hydrogens (tertiary/aromatic N) is 3. The fourth-order valence-electron chi connectivity index (χ4n) is 4.10. The highest BCUT2D eigenvalue weighted by Crippen LogP contribution is 2.52. The maximum Gasteiger partial charge on any atom is 0.292 e. The summed E-state index contributed by atoms with van der Waals surface area (Å²) in [6, 6.07) is 0. The molecule has 3 heterocycles. The molecule has 0 amide bonds. The molecule has 13 heteroatoms. The van der Waals surface area contributed by atoms with Crippen molar-refractivity contribution in [1.82, 2.24) is 15.0 Å². The Bertz CT molecular complexity index is 1120. The van der Waals surface area contributed by atoms with Gasteiger partial charge in [0.1, 0.15) is 12.2 Å². The third-order valence-electron chi connectivity index (χ3n) is 8.47. The molecule has 1 aromatic heterocycles. The van der Waals surface area contributed by atoms with Crippen LogP contribution in [-0.4, -0.2) is 64.5 Å². The van der Waals surface area contributed by atoms with Gasteiger partial charge in [-0.2, -0.15) is 8.42 Å². The molecule has 1 fully saturated rings. The van der Waals surface area contributed by atoms with E-state index in [1.165, 1.54) is 0 Å². The zero-order chi connectivity index (χ0) is 28.2. The normalized spacial score (nSPS) is 28.7. The first-order valence-electron chi connectivity index (χ1n) is 13.0. The molecule has 212 valence electrons. The molecule has 1 spiro atoms. The van der Waals surface area contributed by atoms with Crippen molar-refractivity contribution < 1.29 is 26.2 Å². The molecule has 10 nitrogen and oxygen atoms in total. The lowest BCUT2D eigenvalue weighted by Crippen LogP contribution is -2.59. The lowest BCUT2D eigenvalue weighted by atomic mass is 9.89. The van der Waals surface area contributed by atoms with Crippen LogP contribution in [0.2, 0.25) is 36.3 Å². The molecule has 37 heavy (non-hydrogen) atoms. The molecule has 1 aromatic rings. The number of hydrogen-bond donors (Lipinski definition) is 1. The summed E-state index contributed by atoms with van der Waals surface area (Å²) in [5.41, 5.74) is 5.85. The first-order valence-corrected chi connectivity index (χ1v) is 20.3. The van der Waals surface area contributed by atoms with E-state index in [9.17, 15) is 8.42 Å². The molecular formula is C24H46N4O6SSi2. The van der Waals surface area contributed by atoms with Crippen LogP contribution >= 0.6 is 0 Å². The Morgan fingerprint density at radius 2 is 1.70 bits per heavy atom. The van der Waals surface area contributed by atoms with Gasteiger partial charge in [-0.15, -0.1) is 5.10 Å². The SMILES string of the molecule is CCCc1cnnn1[C@@H]1OC(CO[Si](C)(C)C(C)(C)C)C2(OS(=O)(=O)C=C2N)[C@H]1O[Si](C)(C)C(C)(C)C. The van der Waals surface area contributed by atoms with Crippen molar-refractivity contribution in [3.05, 3.63) is 23.0 Å². The van der Waals surface area contributed by atoms with Gasteiger partial charge in [0.05, 0.1) is 29.6 Å². The number of hydrogen-bond acceptors (Lipinski definition) is 9. The summed E-state index contributed by atoms with van der Waals surface area (Å²) in [6.45, 7) is 23.5. The molecule has 0 aliphatic carbocycles. The minimum atomic E-state index is -4.06. The van der Waals surface area contributed by atoms with Gasteiger partial charge in [0, 0.05) is 0 Å². The monoisotopic (exact) mass is 574 g/mol. The minimum Gasteiger partial charge on any atom is -0.414 e. The average molecular weight is 575 g/mol. The van der Waals surface area contributed by atoms with E-state index >= 15 is 0 Å². The van der Waals surface area contributed by atoms with Gasteiger partial charge in [0.25, 0.3) is 10.1 Å². The highest BCUT2D eigenvalue weighted by atomic mass is 32.2. The van der Waals surface area contributed by atoms with Gasteiger partial charge in [-0.05, 0) is 42.7 Å². The van der Waals surface area contributed by atoms with Crippen LogP contribution in [0.4, 0.5) is 0 Å². The molecule has 2 aliphatic heterocycles. The van der Waals surface area contributed by atoms with Gasteiger partial charge in [0.15, 0.2) is 28.5 Å². The van der Waals surface area contributed by atoms with Crippen LogP contribution in [0.3, 0.4) is 0 Å². The largest absolute Gasteiger partial charge is 0.414 e. The number of rotatable bonds is 8. The number of aryl methyl sites for hydroxylation is 1. The van der Waals surface area contributed by atoms with E-state index in [0.717, 1.165) is 23.9 Å². The predicted molar refractivity (Wildman–Crippen MR) is 148 cm³/mol. The zero-order valence-electron chi connectivity index (χ0n) is 24.3. The number of nitrogens with two attached hydrogens (primary N) is 1. The number of ether oxygens (including phenoxy) is 1. The first-order chi connectivity index (χ1) is 16.7. The van der Waals surface area contributed by atoms with Crippen molar-refractivity contribution in [2.75, 3.05) is 6.61 Å². The maximum absolute atomic E-state index is 12.8. The quantitative estimate of drug-likeness (QED) is 0.354. The Kier molecular flexibility index (Phi) is 8.08. The summed E-state index contributed by atoms with van der Waals surface area (Å²) in [5, 5.41) is 9.22. The third kappa shape index (κ3) is 5.63. The van der Waals surface area contributed by atoms with Crippen molar-refractivity contribution >= 4 is 26.8 Å². The van der Waals surface area contributed by atoms with Crippen molar-refractivity contribution in [2.45, 2.75) is 122 Å². The lowest BCUT2D eigenvalue weighted by molar-refractivity contribution is -0.0605. The second-order valence-electron chi connectivity index (χ2n) is 13.2. The third-order valence-corrected chi connectivity index (χ3v) is 18.5. The van der Waals surface area contributed by atoms with Crippen molar-refractivity contribution in [1.29, 1.82) is 0 Å². The second kappa shape index (κ2) is 9.82. The Morgan fingerprint density at radius 3 is 2.19 bits per heavy atom. The van der Waals surface area contributed by atoms with Crippen LogP contribution in [0.5, 0.6) is 0 Å². The molecule has 2 unspecified atom stereocenters. The van der Waals surface area contributed by atoms with Crippen LogP contribution in [-0.2, 0) is 34.3 Å². The lowest BCUT2D eigenvalue weighted by Gasteiger charge is -2.43. The topological polar surface area (TPSA) is 128 Å². The highest BCUT2D eigenvalue weighted by molar-refractivity contribution is 7.90. The number of aromatic nitrogens is 3. The molecule has 2 aliphatic rings. The van der Waals surface area contributed by atoms with Crippen LogP contribution in [0.25, 0.3) is 0 Å². The molecule has 0 saturated carbocycles. The average Bonchev–Trinajstić information content (AvgIpc) is 3.34. The fraction of sp³-hybridized carbons (Fsp3) is 0.833. The Morgan fingerprint density at radius 1 is 1.11 bits per heavy atom. The van der Waals surface area contributed by atoms with Crippen LogP contribution < -0.4 is 5.73 Å². The van der Waals surface area contributed by atoms with Gasteiger partial charge < -0.3 is 19.3 Å². The van der Waals surface area contributed by atoms with Crippen LogP contribution in [0, 0.1) is 0 Å². The summed E-state index contributed by atoms with van der Waals surface area (Å²) in [6.07, 6.45) is 0.784. The minimum absolute atomic E-state index is 0.0553. The van der Waals surface area contributed by atoms with Gasteiger partial charge in [-0.25, -0.2) is 8.86 Å². The Hall–Kier alpha value is -1.10. The Balaban J connectivity index is 2.17. The fourth-order valence-corrected chi connectivity index (χ4v) is 7.61. The molecule has 0 radical (unpaired) electrons. The van der Waals surface area contributed by atoms with Crippen LogP contribution in [0.15, 0.2) is 17.3 Å². The molecule has 4 atom stereocenters. The van der Waals surface area contributed by atoms with Crippen molar-refractivity contribution in [3.8, 4) is 0 Å². The molecule has 2 N–H and O–H groups in total. The van der Waals surface area contributed by atoms with Crippen LogP contribution in [0.1, 0.15) is 66.8 Å². The molecular weight excluding hydrogens is 529 g/mol. The van der Waals surface area contributed by atoms with Gasteiger partial charge in [-0.3, -0.25) is 0 Å². The Labute approximate surface area is 224 Å². The van der Waals surface area contributed by atoms with E-state index in [0.29, 0.717) is 0 Å². The van der Waals surface area contributed by atoms with E-state index in [1.807, 2.05) is 0 Å². The van der Waals surface area contributed by atoms with E-state index in [2.05, 4.69) is 85.0 Å². The standard InChI is InChI=1S/C24H46N4O6SSi2/c1-12-13-17-14-26-27-28(17)21-20(33-37(10,11)23(5,6)7)24(18(25)16-35(29,30)34-24)19(32-21)15-31-36(8,9)22(2,3)4/h14,16,19-21H,12-13,15,25H2,1-11H3/t19?,20-,21+,24?/m0/s1. The van der Waals surface area contributed by atoms with E-state index in [1.54, 1.807) is 10.9 Å². The van der Waals surface area contributed by atoms with E-state index in [-0.39, 0.29) is 22.4 Å². The van der Waals surface area contributed by atoms with E-state index < -0.39 is 50.8 Å². The van der Waals surface area contributed by atoms with Gasteiger partial charge in [0.2, 0.25) is 0 Å². The zero-order valence-corrected chi connectivity index (χ0v) is 27.1. The summed E-state index contributed by atoms with van der Waals surface area (Å²) < 4.78 is 53.3. The maximum atomic E-state index is 12.8. The highest BCUT2D eigenvalue weighted by Gasteiger charge is 2.67. The summed E-state index contributed by atoms with van der Waals surface area (Å²) in [5.74, 6) is 0. The summed E-state index contributed by atoms with van der Waals surface area (Å²) >= 11 is 0. The van der Waals surface area contributed by atoms with E-state index in [4.69, 9.17) is 23.5 Å². The molecule has 0 bridgehead atoms. The van der Waals surface area contributed by atoms with Crippen molar-refractivity contribution in [3.63, 3.8) is 0 Å². The summed E-state index contributed by atoms with van der Waals surface area (Å²) in [4.78, 5) is 0. The second-order valence-corrected chi connectivity index (χ2v) is 24.2.